The summed E-state index contributed by atoms with van der Waals surface area (Å²) in [7, 11) is 0. The molecule has 10 aromatic rings. The maximum absolute atomic E-state index is 6.80. The molecule has 2 aliphatic rings. The van der Waals surface area contributed by atoms with E-state index in [0.717, 1.165) is 39.0 Å². The number of fused-ring (bicyclic) bond motifs is 14. The van der Waals surface area contributed by atoms with Crippen molar-refractivity contribution in [3.63, 3.8) is 0 Å². The number of hydrogen-bond acceptors (Lipinski definition) is 2. The molecule has 2 heteroatoms. The van der Waals surface area contributed by atoms with Gasteiger partial charge in [-0.3, -0.25) is 0 Å². The zero-order valence-corrected chi connectivity index (χ0v) is 32.9. The van der Waals surface area contributed by atoms with Crippen LogP contribution in [0.5, 0.6) is 0 Å². The molecule has 2 nitrogen and oxygen atoms in total. The molecule has 9 aromatic carbocycles. The molecule has 0 aliphatic heterocycles. The zero-order chi connectivity index (χ0) is 39.2. The highest BCUT2D eigenvalue weighted by atomic mass is 16.3. The van der Waals surface area contributed by atoms with Crippen LogP contribution in [0, 0.1) is 13.8 Å². The molecule has 278 valence electrons. The van der Waals surface area contributed by atoms with Crippen molar-refractivity contribution in [1.29, 1.82) is 0 Å². The molecule has 59 heavy (non-hydrogen) atoms. The van der Waals surface area contributed by atoms with E-state index in [1.54, 1.807) is 0 Å². The molecule has 0 radical (unpaired) electrons. The fraction of sp³-hybridized carbons (Fsp3) is 0.0526. The Kier molecular flexibility index (Phi) is 7.31. The molecular formula is C57H39NO. The summed E-state index contributed by atoms with van der Waals surface area (Å²) in [6.07, 6.45) is 0. The average molecular weight is 754 g/mol. The second kappa shape index (κ2) is 12.8. The van der Waals surface area contributed by atoms with Crippen LogP contribution in [0.25, 0.3) is 66.4 Å². The van der Waals surface area contributed by atoms with Crippen molar-refractivity contribution in [1.82, 2.24) is 0 Å². The number of aryl methyl sites for hydroxylation is 2. The predicted octanol–water partition coefficient (Wildman–Crippen LogP) is 15.4. The third-order valence-electron chi connectivity index (χ3n) is 13.0. The van der Waals surface area contributed by atoms with Crippen molar-refractivity contribution < 1.29 is 4.42 Å². The van der Waals surface area contributed by atoms with Gasteiger partial charge in [0.05, 0.1) is 11.1 Å². The van der Waals surface area contributed by atoms with Gasteiger partial charge in [0, 0.05) is 33.3 Å². The molecule has 12 rings (SSSR count). The van der Waals surface area contributed by atoms with Gasteiger partial charge in [-0.05, 0) is 117 Å². The highest BCUT2D eigenvalue weighted by Crippen LogP contribution is 2.66. The van der Waals surface area contributed by atoms with Gasteiger partial charge >= 0.3 is 0 Å². The lowest BCUT2D eigenvalue weighted by Crippen LogP contribution is -2.26. The molecule has 1 unspecified atom stereocenters. The second-order valence-corrected chi connectivity index (χ2v) is 16.1. The smallest absolute Gasteiger partial charge is 0.143 e. The van der Waals surface area contributed by atoms with E-state index in [4.69, 9.17) is 4.42 Å². The molecular weight excluding hydrogens is 715 g/mol. The molecule has 1 atom stereocenters. The molecule has 0 amide bonds. The molecule has 0 fully saturated rings. The molecule has 1 spiro atoms. The molecule has 1 heterocycles. The number of rotatable bonds is 5. The van der Waals surface area contributed by atoms with E-state index in [1.165, 1.54) is 77.9 Å². The van der Waals surface area contributed by atoms with E-state index in [1.807, 2.05) is 0 Å². The van der Waals surface area contributed by atoms with Gasteiger partial charge in [-0.15, -0.1) is 0 Å². The van der Waals surface area contributed by atoms with Crippen molar-refractivity contribution in [3.8, 4) is 44.5 Å². The Morgan fingerprint density at radius 2 is 1.00 bits per heavy atom. The highest BCUT2D eigenvalue weighted by Gasteiger charge is 2.53. The van der Waals surface area contributed by atoms with Crippen molar-refractivity contribution >= 4 is 39.0 Å². The third kappa shape index (κ3) is 4.75. The van der Waals surface area contributed by atoms with Gasteiger partial charge in [0.1, 0.15) is 11.2 Å². The van der Waals surface area contributed by atoms with Crippen LogP contribution in [-0.4, -0.2) is 0 Å². The van der Waals surface area contributed by atoms with E-state index < -0.39 is 5.41 Å². The van der Waals surface area contributed by atoms with Gasteiger partial charge in [-0.25, -0.2) is 0 Å². The first-order chi connectivity index (χ1) is 29.1. The summed E-state index contributed by atoms with van der Waals surface area (Å²) in [5, 5.41) is 2.30. The standard InChI is InChI=1S/C57H39NO/c1-36-15-6-7-18-42(36)40-29-34-51(37(2)35-40)58(41-30-27-39(28-31-41)38-16-4-3-5-17-38)52-25-14-24-49-54(52)45-20-8-11-22-47(45)57(49)48-23-12-9-21-46(48)55-50(57)33-32-44-43-19-10-13-26-53(43)59-56(44)55/h3-35H,1-2H3. The van der Waals surface area contributed by atoms with E-state index in [-0.39, 0.29) is 0 Å². The monoisotopic (exact) mass is 753 g/mol. The van der Waals surface area contributed by atoms with Crippen molar-refractivity contribution in [2.75, 3.05) is 4.90 Å². The van der Waals surface area contributed by atoms with Gasteiger partial charge in [0.2, 0.25) is 0 Å². The van der Waals surface area contributed by atoms with Gasteiger partial charge in [-0.2, -0.15) is 0 Å². The maximum Gasteiger partial charge on any atom is 0.143 e. The number of anilines is 3. The Morgan fingerprint density at radius 3 is 1.76 bits per heavy atom. The fourth-order valence-corrected chi connectivity index (χ4v) is 10.4. The van der Waals surface area contributed by atoms with Crippen LogP contribution < -0.4 is 4.90 Å². The zero-order valence-electron chi connectivity index (χ0n) is 32.9. The van der Waals surface area contributed by atoms with Crippen molar-refractivity contribution in [2.24, 2.45) is 0 Å². The lowest BCUT2D eigenvalue weighted by atomic mass is 9.70. The van der Waals surface area contributed by atoms with Gasteiger partial charge in [-0.1, -0.05) is 164 Å². The highest BCUT2D eigenvalue weighted by molar-refractivity contribution is 6.13. The number of hydrogen-bond donors (Lipinski definition) is 0. The van der Waals surface area contributed by atoms with Crippen LogP contribution in [0.1, 0.15) is 33.4 Å². The Labute approximate surface area is 344 Å². The first-order valence-corrected chi connectivity index (χ1v) is 20.5. The molecule has 0 N–H and O–H groups in total. The Balaban J connectivity index is 1.13. The van der Waals surface area contributed by atoms with Crippen LogP contribution in [0.3, 0.4) is 0 Å². The molecule has 0 saturated heterocycles. The normalized spacial score (nSPS) is 14.7. The Bertz CT molecular complexity index is 3300. The number of furan rings is 1. The lowest BCUT2D eigenvalue weighted by Gasteiger charge is -2.32. The number of para-hydroxylation sites is 1. The summed E-state index contributed by atoms with van der Waals surface area (Å²) in [4.78, 5) is 2.49. The first-order valence-electron chi connectivity index (χ1n) is 20.5. The number of benzene rings is 9. The summed E-state index contributed by atoms with van der Waals surface area (Å²) in [6.45, 7) is 4.45. The largest absolute Gasteiger partial charge is 0.455 e. The van der Waals surface area contributed by atoms with E-state index in [9.17, 15) is 0 Å². The second-order valence-electron chi connectivity index (χ2n) is 16.1. The van der Waals surface area contributed by atoms with Crippen LogP contribution in [0.4, 0.5) is 17.1 Å². The van der Waals surface area contributed by atoms with Gasteiger partial charge in [0.25, 0.3) is 0 Å². The van der Waals surface area contributed by atoms with Crippen LogP contribution in [0.15, 0.2) is 205 Å². The summed E-state index contributed by atoms with van der Waals surface area (Å²) in [6, 6.07) is 73.5. The minimum atomic E-state index is -0.534. The van der Waals surface area contributed by atoms with Crippen LogP contribution in [0.2, 0.25) is 0 Å². The topological polar surface area (TPSA) is 16.4 Å². The minimum absolute atomic E-state index is 0.534. The molecule has 0 bridgehead atoms. The van der Waals surface area contributed by atoms with Crippen LogP contribution >= 0.6 is 0 Å². The maximum atomic E-state index is 6.80. The predicted molar refractivity (Wildman–Crippen MR) is 245 cm³/mol. The Morgan fingerprint density at radius 1 is 0.390 bits per heavy atom. The SMILES string of the molecule is Cc1ccccc1-c1ccc(N(c2ccc(-c3ccccc3)cc2)c2cccc3c2-c2ccccc2C32c3ccccc3-c3c2ccc2c3oc3ccccc32)c(C)c1. The Hall–Kier alpha value is -7.42. The van der Waals surface area contributed by atoms with Crippen LogP contribution in [-0.2, 0) is 5.41 Å². The number of nitrogens with zero attached hydrogens (tertiary/aromatic N) is 1. The van der Waals surface area contributed by atoms with E-state index in [2.05, 4.69) is 219 Å². The first kappa shape index (κ1) is 33.7. The molecule has 1 aromatic heterocycles. The average Bonchev–Trinajstić information content (AvgIpc) is 3.92. The van der Waals surface area contributed by atoms with Gasteiger partial charge in [0.15, 0.2) is 0 Å². The summed E-state index contributed by atoms with van der Waals surface area (Å²) >= 11 is 0. The minimum Gasteiger partial charge on any atom is -0.455 e. The molecule has 0 saturated carbocycles. The summed E-state index contributed by atoms with van der Waals surface area (Å²) < 4.78 is 6.80. The van der Waals surface area contributed by atoms with E-state index >= 15 is 0 Å². The summed E-state index contributed by atoms with van der Waals surface area (Å²) in [5.74, 6) is 0. The quantitative estimate of drug-likeness (QED) is 0.174. The van der Waals surface area contributed by atoms with Crippen molar-refractivity contribution in [2.45, 2.75) is 19.3 Å². The summed E-state index contributed by atoms with van der Waals surface area (Å²) in [5.41, 5.74) is 22.2. The lowest BCUT2D eigenvalue weighted by molar-refractivity contribution is 0.669. The van der Waals surface area contributed by atoms with Gasteiger partial charge < -0.3 is 9.32 Å². The third-order valence-corrected chi connectivity index (χ3v) is 13.0. The fourth-order valence-electron chi connectivity index (χ4n) is 10.4. The van der Waals surface area contributed by atoms with Crippen molar-refractivity contribution in [3.05, 3.63) is 234 Å². The van der Waals surface area contributed by atoms with E-state index in [0.29, 0.717) is 0 Å². The molecule has 2 aliphatic carbocycles.